The topological polar surface area (TPSA) is 48.6 Å². The van der Waals surface area contributed by atoms with Gasteiger partial charge in [-0.1, -0.05) is 31.0 Å². The summed E-state index contributed by atoms with van der Waals surface area (Å²) in [4.78, 5) is 19.9. The van der Waals surface area contributed by atoms with Gasteiger partial charge in [-0.15, -0.1) is 0 Å². The van der Waals surface area contributed by atoms with E-state index in [9.17, 15) is 9.18 Å². The van der Waals surface area contributed by atoms with Gasteiger partial charge < -0.3 is 19.5 Å². The van der Waals surface area contributed by atoms with Crippen LogP contribution in [0.25, 0.3) is 0 Å². The second-order valence-corrected chi connectivity index (χ2v) is 7.68. The van der Waals surface area contributed by atoms with Crippen LogP contribution in [0.1, 0.15) is 31.2 Å². The van der Waals surface area contributed by atoms with Gasteiger partial charge in [0.1, 0.15) is 11.6 Å². The van der Waals surface area contributed by atoms with Gasteiger partial charge in [-0.3, -0.25) is 4.79 Å². The minimum absolute atomic E-state index is 0.0899. The number of nitrogens with zero attached hydrogens (tertiary/aromatic N) is 2. The van der Waals surface area contributed by atoms with E-state index in [2.05, 4.69) is 20.9 Å². The smallest absolute Gasteiger partial charge is 0.251 e. The fraction of sp³-hybridized carbons (Fsp3) is 0.500. The van der Waals surface area contributed by atoms with Gasteiger partial charge in [0.2, 0.25) is 0 Å². The van der Waals surface area contributed by atoms with Crippen molar-refractivity contribution in [1.82, 2.24) is 4.98 Å². The van der Waals surface area contributed by atoms with Crippen LogP contribution < -0.4 is 15.4 Å². The average molecular weight is 385 g/mol. The zero-order valence-electron chi connectivity index (χ0n) is 16.2. The van der Waals surface area contributed by atoms with Crippen LogP contribution in [0.3, 0.4) is 0 Å². The Morgan fingerprint density at radius 3 is 2.71 bits per heavy atom. The van der Waals surface area contributed by atoms with Crippen molar-refractivity contribution in [2.45, 2.75) is 38.1 Å². The fourth-order valence-electron chi connectivity index (χ4n) is 4.30. The molecule has 0 radical (unpaired) electrons. The number of aromatic nitrogens is 1. The highest BCUT2D eigenvalue weighted by molar-refractivity contribution is 5.56. The summed E-state index contributed by atoms with van der Waals surface area (Å²) in [6.07, 6.45) is 5.02. The summed E-state index contributed by atoms with van der Waals surface area (Å²) in [6, 6.07) is 10.9. The predicted molar refractivity (Wildman–Crippen MR) is 110 cm³/mol. The van der Waals surface area contributed by atoms with Gasteiger partial charge in [0.05, 0.1) is 13.2 Å². The molecule has 2 aliphatic heterocycles. The van der Waals surface area contributed by atoms with Crippen LogP contribution in [-0.2, 0) is 11.2 Å². The lowest BCUT2D eigenvalue weighted by molar-refractivity contribution is 0.122. The Kier molecular flexibility index (Phi) is 5.95. The van der Waals surface area contributed by atoms with E-state index in [1.165, 1.54) is 6.07 Å². The van der Waals surface area contributed by atoms with Crippen molar-refractivity contribution in [3.05, 3.63) is 58.1 Å². The molecule has 150 valence electrons. The lowest BCUT2D eigenvalue weighted by atomic mass is 10.00. The van der Waals surface area contributed by atoms with Crippen molar-refractivity contribution in [3.63, 3.8) is 0 Å². The van der Waals surface area contributed by atoms with Crippen LogP contribution in [0.4, 0.5) is 15.9 Å². The highest BCUT2D eigenvalue weighted by Crippen LogP contribution is 2.27. The number of nitrogens with one attached hydrogen (secondary N) is 1. The van der Waals surface area contributed by atoms with E-state index in [1.807, 2.05) is 12.1 Å². The van der Waals surface area contributed by atoms with Gasteiger partial charge in [0.15, 0.2) is 0 Å². The Morgan fingerprint density at radius 1 is 1.07 bits per heavy atom. The number of ether oxygens (including phenoxy) is 1. The molecule has 0 aliphatic carbocycles. The molecule has 28 heavy (non-hydrogen) atoms. The van der Waals surface area contributed by atoms with E-state index < -0.39 is 0 Å². The SMILES string of the molecule is O=c1cc(N2CCOCC2)cc(N2CCCCC[C@H]2Cc2ccccc2F)[nH]1. The first-order valence-electron chi connectivity index (χ1n) is 10.3. The molecule has 0 bridgehead atoms. The number of hydrogen-bond acceptors (Lipinski definition) is 4. The maximum absolute atomic E-state index is 14.3. The average Bonchev–Trinajstić information content (AvgIpc) is 2.95. The number of halogens is 1. The van der Waals surface area contributed by atoms with Crippen molar-refractivity contribution >= 4 is 11.5 Å². The van der Waals surface area contributed by atoms with Gasteiger partial charge in [-0.2, -0.15) is 0 Å². The number of pyridine rings is 1. The molecule has 5 nitrogen and oxygen atoms in total. The third-order valence-corrected chi connectivity index (χ3v) is 5.79. The van der Waals surface area contributed by atoms with Crippen LogP contribution in [-0.4, -0.2) is 43.9 Å². The molecule has 0 unspecified atom stereocenters. The first-order chi connectivity index (χ1) is 13.7. The summed E-state index contributed by atoms with van der Waals surface area (Å²) in [6.45, 7) is 3.83. The molecule has 2 aliphatic rings. The molecule has 1 aromatic heterocycles. The van der Waals surface area contributed by atoms with Crippen LogP contribution in [0.15, 0.2) is 41.2 Å². The zero-order valence-corrected chi connectivity index (χ0v) is 16.2. The molecule has 0 saturated carbocycles. The van der Waals surface area contributed by atoms with E-state index in [0.29, 0.717) is 19.6 Å². The fourth-order valence-corrected chi connectivity index (χ4v) is 4.30. The number of benzene rings is 1. The number of rotatable bonds is 4. The van der Waals surface area contributed by atoms with E-state index >= 15 is 0 Å². The van der Waals surface area contributed by atoms with E-state index in [1.54, 1.807) is 12.1 Å². The molecule has 1 aromatic carbocycles. The van der Waals surface area contributed by atoms with Crippen molar-refractivity contribution in [1.29, 1.82) is 0 Å². The van der Waals surface area contributed by atoms with Gasteiger partial charge >= 0.3 is 0 Å². The molecule has 0 spiro atoms. The lowest BCUT2D eigenvalue weighted by Gasteiger charge is -2.34. The standard InChI is InChI=1S/C22H28FN3O2/c23-20-8-4-3-6-17(20)14-18-7-2-1-5-9-26(18)21-15-19(16-22(27)24-21)25-10-12-28-13-11-25/h3-4,6,8,15-16,18H,1-2,5,7,9-14H2,(H,24,27)/t18-/m0/s1. The number of aromatic amines is 1. The minimum Gasteiger partial charge on any atom is -0.378 e. The summed E-state index contributed by atoms with van der Waals surface area (Å²) < 4.78 is 19.7. The molecule has 2 saturated heterocycles. The van der Waals surface area contributed by atoms with Gasteiger partial charge in [-0.25, -0.2) is 4.39 Å². The van der Waals surface area contributed by atoms with Gasteiger partial charge in [-0.05, 0) is 30.9 Å². The van der Waals surface area contributed by atoms with Crippen LogP contribution >= 0.6 is 0 Å². The monoisotopic (exact) mass is 385 g/mol. The molecule has 2 aromatic rings. The van der Waals surface area contributed by atoms with E-state index in [-0.39, 0.29) is 17.4 Å². The number of morpholine rings is 1. The largest absolute Gasteiger partial charge is 0.378 e. The second kappa shape index (κ2) is 8.78. The molecule has 2 fully saturated rings. The minimum atomic E-state index is -0.151. The highest BCUT2D eigenvalue weighted by Gasteiger charge is 2.24. The third kappa shape index (κ3) is 4.38. The van der Waals surface area contributed by atoms with E-state index in [0.717, 1.165) is 62.4 Å². The summed E-state index contributed by atoms with van der Waals surface area (Å²) in [7, 11) is 0. The summed E-state index contributed by atoms with van der Waals surface area (Å²) in [5.41, 5.74) is 1.59. The normalized spacial score (nSPS) is 20.8. The quantitative estimate of drug-likeness (QED) is 0.877. The van der Waals surface area contributed by atoms with Crippen molar-refractivity contribution in [2.75, 3.05) is 42.6 Å². The molecule has 1 N–H and O–H groups in total. The molecule has 4 rings (SSSR count). The molecule has 1 atom stereocenters. The van der Waals surface area contributed by atoms with Crippen molar-refractivity contribution < 1.29 is 9.13 Å². The number of H-pyrrole nitrogens is 1. The predicted octanol–water partition coefficient (Wildman–Crippen LogP) is 3.34. The van der Waals surface area contributed by atoms with Crippen LogP contribution in [0.2, 0.25) is 0 Å². The van der Waals surface area contributed by atoms with Crippen LogP contribution in [0.5, 0.6) is 0 Å². The van der Waals surface area contributed by atoms with Gasteiger partial charge in [0.25, 0.3) is 5.56 Å². The Hall–Kier alpha value is -2.34. The number of hydrogen-bond donors (Lipinski definition) is 1. The zero-order chi connectivity index (χ0) is 19.3. The van der Waals surface area contributed by atoms with E-state index in [4.69, 9.17) is 4.74 Å². The Balaban J connectivity index is 1.63. The molecule has 3 heterocycles. The Labute approximate surface area is 165 Å². The van der Waals surface area contributed by atoms with Crippen LogP contribution in [0, 0.1) is 5.82 Å². The van der Waals surface area contributed by atoms with Crippen molar-refractivity contribution in [3.8, 4) is 0 Å². The second-order valence-electron chi connectivity index (χ2n) is 7.68. The first kappa shape index (κ1) is 19.0. The Morgan fingerprint density at radius 2 is 1.89 bits per heavy atom. The first-order valence-corrected chi connectivity index (χ1v) is 10.3. The molecular formula is C22H28FN3O2. The highest BCUT2D eigenvalue weighted by atomic mass is 19.1. The molecular weight excluding hydrogens is 357 g/mol. The Bertz CT molecular complexity index is 848. The maximum Gasteiger partial charge on any atom is 0.251 e. The summed E-state index contributed by atoms with van der Waals surface area (Å²) >= 11 is 0. The van der Waals surface area contributed by atoms with Crippen molar-refractivity contribution in [2.24, 2.45) is 0 Å². The molecule has 6 heteroatoms. The maximum atomic E-state index is 14.3. The molecule has 0 amide bonds. The summed E-state index contributed by atoms with van der Waals surface area (Å²) in [5.74, 6) is 0.694. The number of anilines is 2. The van der Waals surface area contributed by atoms with Gasteiger partial charge in [0, 0.05) is 43.5 Å². The summed E-state index contributed by atoms with van der Waals surface area (Å²) in [5, 5.41) is 0. The lowest BCUT2D eigenvalue weighted by Crippen LogP contribution is -2.39. The third-order valence-electron chi connectivity index (χ3n) is 5.79.